The molecule has 0 saturated carbocycles. The number of hydrogen-bond acceptors (Lipinski definition) is 9. The lowest BCUT2D eigenvalue weighted by atomic mass is 9.89. The molecule has 0 amide bonds. The van der Waals surface area contributed by atoms with Crippen molar-refractivity contribution < 1.29 is 44.9 Å². The van der Waals surface area contributed by atoms with Gasteiger partial charge in [-0.25, -0.2) is 4.79 Å². The molecule has 2 aliphatic rings. The lowest BCUT2D eigenvalue weighted by Gasteiger charge is -2.40. The van der Waals surface area contributed by atoms with Crippen LogP contribution in [0.15, 0.2) is 36.4 Å². The summed E-state index contributed by atoms with van der Waals surface area (Å²) in [5.41, 5.74) is 1.06. The molecule has 9 nitrogen and oxygen atoms in total. The molecule has 158 valence electrons. The Labute approximate surface area is 170 Å². The number of aliphatic hydroxyl groups is 4. The highest BCUT2D eigenvalue weighted by atomic mass is 16.6. The second kappa shape index (κ2) is 7.71. The van der Waals surface area contributed by atoms with E-state index in [9.17, 15) is 35.4 Å². The maximum atomic E-state index is 12.5. The van der Waals surface area contributed by atoms with Gasteiger partial charge >= 0.3 is 5.97 Å². The first-order valence-corrected chi connectivity index (χ1v) is 9.21. The van der Waals surface area contributed by atoms with Gasteiger partial charge in [0.05, 0.1) is 17.7 Å². The molecule has 5 atom stereocenters. The largest absolute Gasteiger partial charge is 0.508 e. The van der Waals surface area contributed by atoms with Gasteiger partial charge in [-0.15, -0.1) is 0 Å². The van der Waals surface area contributed by atoms with Crippen molar-refractivity contribution in [1.82, 2.24) is 0 Å². The second-order valence-electron chi connectivity index (χ2n) is 7.16. The lowest BCUT2D eigenvalue weighted by Crippen LogP contribution is -2.55. The molecule has 1 fully saturated rings. The zero-order valence-electron chi connectivity index (χ0n) is 15.5. The van der Waals surface area contributed by atoms with E-state index in [2.05, 4.69) is 0 Å². The highest BCUT2D eigenvalue weighted by Crippen LogP contribution is 2.48. The van der Waals surface area contributed by atoms with Crippen molar-refractivity contribution in [3.8, 4) is 17.2 Å². The first kappa shape index (κ1) is 20.3. The Morgan fingerprint density at radius 3 is 2.30 bits per heavy atom. The summed E-state index contributed by atoms with van der Waals surface area (Å²) in [7, 11) is 0. The van der Waals surface area contributed by atoms with Gasteiger partial charge in [0.25, 0.3) is 0 Å². The van der Waals surface area contributed by atoms with Crippen LogP contribution in [0.3, 0.4) is 0 Å². The van der Waals surface area contributed by atoms with Crippen molar-refractivity contribution in [2.75, 3.05) is 6.61 Å². The van der Waals surface area contributed by atoms with Gasteiger partial charge in [0.1, 0.15) is 47.8 Å². The molecule has 4 rings (SSSR count). The summed E-state index contributed by atoms with van der Waals surface area (Å²) in [4.78, 5) is 12.5. The summed E-state index contributed by atoms with van der Waals surface area (Å²) in [5.74, 6) is -1.03. The van der Waals surface area contributed by atoms with Crippen LogP contribution in [0.1, 0.15) is 22.8 Å². The molecule has 2 heterocycles. The van der Waals surface area contributed by atoms with Crippen LogP contribution in [0, 0.1) is 0 Å². The predicted molar refractivity (Wildman–Crippen MR) is 102 cm³/mol. The van der Waals surface area contributed by atoms with Gasteiger partial charge in [-0.1, -0.05) is 12.1 Å². The normalized spacial score (nSPS) is 29.7. The lowest BCUT2D eigenvalue weighted by molar-refractivity contribution is -0.232. The molecule has 6 N–H and O–H groups in total. The van der Waals surface area contributed by atoms with E-state index >= 15 is 0 Å². The van der Waals surface area contributed by atoms with Gasteiger partial charge in [-0.2, -0.15) is 0 Å². The summed E-state index contributed by atoms with van der Waals surface area (Å²) < 4.78 is 10.9. The number of aliphatic hydroxyl groups excluding tert-OH is 4. The highest BCUT2D eigenvalue weighted by Gasteiger charge is 2.47. The zero-order valence-corrected chi connectivity index (χ0v) is 15.5. The SMILES string of the molecule is O=C1Oc2c(ccc(O)c2[C@@H]2O[C@H](CO)[C@@H](O)[C@H](O)[C@H]2O)/C1=C\c1ccc(O)cc1. The van der Waals surface area contributed by atoms with E-state index in [0.29, 0.717) is 11.1 Å². The topological polar surface area (TPSA) is 157 Å². The molecule has 0 aliphatic carbocycles. The number of esters is 1. The van der Waals surface area contributed by atoms with Crippen molar-refractivity contribution in [2.24, 2.45) is 0 Å². The minimum Gasteiger partial charge on any atom is -0.508 e. The first-order valence-electron chi connectivity index (χ1n) is 9.21. The molecule has 0 unspecified atom stereocenters. The number of phenolic OH excluding ortho intramolecular Hbond substituents is 2. The summed E-state index contributed by atoms with van der Waals surface area (Å²) in [5, 5.41) is 59.7. The number of rotatable bonds is 3. The Bertz CT molecular complexity index is 996. The fourth-order valence-electron chi connectivity index (χ4n) is 3.66. The van der Waals surface area contributed by atoms with Crippen molar-refractivity contribution in [1.29, 1.82) is 0 Å². The van der Waals surface area contributed by atoms with E-state index in [1.165, 1.54) is 24.3 Å². The molecule has 0 spiro atoms. The van der Waals surface area contributed by atoms with Gasteiger partial charge in [0.15, 0.2) is 0 Å². The van der Waals surface area contributed by atoms with E-state index in [0.717, 1.165) is 0 Å². The van der Waals surface area contributed by atoms with Gasteiger partial charge in [0.2, 0.25) is 0 Å². The van der Waals surface area contributed by atoms with Crippen LogP contribution in [0.25, 0.3) is 11.6 Å². The number of fused-ring (bicyclic) bond motifs is 1. The van der Waals surface area contributed by atoms with Crippen LogP contribution in [0.5, 0.6) is 17.2 Å². The fourth-order valence-corrected chi connectivity index (χ4v) is 3.66. The summed E-state index contributed by atoms with van der Waals surface area (Å²) >= 11 is 0. The number of benzene rings is 2. The van der Waals surface area contributed by atoms with Crippen LogP contribution in [0.2, 0.25) is 0 Å². The monoisotopic (exact) mass is 416 g/mol. The van der Waals surface area contributed by atoms with Crippen LogP contribution >= 0.6 is 0 Å². The third-order valence-electron chi connectivity index (χ3n) is 5.26. The minimum atomic E-state index is -1.65. The first-order chi connectivity index (χ1) is 14.3. The molecule has 1 saturated heterocycles. The highest BCUT2D eigenvalue weighted by molar-refractivity contribution is 6.26. The summed E-state index contributed by atoms with van der Waals surface area (Å²) in [6.45, 7) is -0.636. The van der Waals surface area contributed by atoms with Gasteiger partial charge in [-0.3, -0.25) is 0 Å². The Kier molecular flexibility index (Phi) is 5.22. The summed E-state index contributed by atoms with van der Waals surface area (Å²) in [6.07, 6.45) is -5.87. The molecule has 30 heavy (non-hydrogen) atoms. The Morgan fingerprint density at radius 2 is 1.63 bits per heavy atom. The fraction of sp³-hybridized carbons (Fsp3) is 0.286. The molecule has 0 radical (unpaired) electrons. The van der Waals surface area contributed by atoms with Crippen LogP contribution in [0.4, 0.5) is 0 Å². The number of carbonyl (C=O) groups excluding carboxylic acids is 1. The van der Waals surface area contributed by atoms with Gasteiger partial charge < -0.3 is 40.1 Å². The number of ether oxygens (including phenoxy) is 2. The number of phenols is 2. The zero-order chi connectivity index (χ0) is 21.6. The molecule has 0 bridgehead atoms. The molecule has 9 heteroatoms. The van der Waals surface area contributed by atoms with Crippen LogP contribution in [-0.4, -0.2) is 67.6 Å². The number of aromatic hydroxyl groups is 2. The van der Waals surface area contributed by atoms with E-state index in [4.69, 9.17) is 9.47 Å². The van der Waals surface area contributed by atoms with E-state index in [-0.39, 0.29) is 28.4 Å². The molecule has 0 aromatic heterocycles. The van der Waals surface area contributed by atoms with E-state index in [1.54, 1.807) is 18.2 Å². The molecule has 2 aromatic carbocycles. The predicted octanol–water partition coefficient (Wildman–Crippen LogP) is 0.0723. The molecule has 2 aromatic rings. The Morgan fingerprint density at radius 1 is 0.933 bits per heavy atom. The number of carbonyl (C=O) groups is 1. The van der Waals surface area contributed by atoms with Crippen molar-refractivity contribution in [2.45, 2.75) is 30.5 Å². The second-order valence-corrected chi connectivity index (χ2v) is 7.16. The van der Waals surface area contributed by atoms with Crippen molar-refractivity contribution in [3.63, 3.8) is 0 Å². The van der Waals surface area contributed by atoms with E-state index in [1.807, 2.05) is 0 Å². The minimum absolute atomic E-state index is 0.0469. The summed E-state index contributed by atoms with van der Waals surface area (Å²) in [6, 6.07) is 8.89. The Balaban J connectivity index is 1.79. The third-order valence-corrected chi connectivity index (χ3v) is 5.26. The average molecular weight is 416 g/mol. The van der Waals surface area contributed by atoms with Crippen molar-refractivity contribution >= 4 is 17.6 Å². The standard InChI is InChI=1S/C21H20O9/c22-8-14-16(25)17(26)18(27)20(29-14)15-13(24)6-5-11-12(21(28)30-19(11)15)7-9-1-3-10(23)4-2-9/h1-7,14,16-18,20,22-27H,8H2/b12-7+/t14-,16-,17+,18-,20+/m1/s1. The number of hydrogen-bond donors (Lipinski definition) is 6. The molecular weight excluding hydrogens is 396 g/mol. The maximum Gasteiger partial charge on any atom is 0.344 e. The van der Waals surface area contributed by atoms with Crippen molar-refractivity contribution in [3.05, 3.63) is 53.1 Å². The van der Waals surface area contributed by atoms with Crippen LogP contribution in [-0.2, 0) is 9.53 Å². The molecule has 2 aliphatic heterocycles. The average Bonchev–Trinajstić information content (AvgIpc) is 3.04. The van der Waals surface area contributed by atoms with Gasteiger partial charge in [0, 0.05) is 5.56 Å². The molecular formula is C21H20O9. The quantitative estimate of drug-likeness (QED) is 0.231. The maximum absolute atomic E-state index is 12.5. The van der Waals surface area contributed by atoms with E-state index < -0.39 is 43.1 Å². The van der Waals surface area contributed by atoms with Crippen LogP contribution < -0.4 is 4.74 Å². The van der Waals surface area contributed by atoms with Gasteiger partial charge in [-0.05, 0) is 35.9 Å². The Hall–Kier alpha value is -2.95. The smallest absolute Gasteiger partial charge is 0.344 e. The third kappa shape index (κ3) is 3.32.